The van der Waals surface area contributed by atoms with Gasteiger partial charge in [-0.3, -0.25) is 4.79 Å². The zero-order valence-corrected chi connectivity index (χ0v) is 11.9. The number of benzene rings is 1. The quantitative estimate of drug-likeness (QED) is 0.804. The van der Waals surface area contributed by atoms with Crippen molar-refractivity contribution in [3.63, 3.8) is 0 Å². The van der Waals surface area contributed by atoms with E-state index < -0.39 is 5.60 Å². The van der Waals surface area contributed by atoms with E-state index in [0.717, 1.165) is 12.0 Å². The van der Waals surface area contributed by atoms with Crippen molar-refractivity contribution in [1.82, 2.24) is 5.32 Å². The van der Waals surface area contributed by atoms with Gasteiger partial charge in [-0.2, -0.15) is 0 Å². The van der Waals surface area contributed by atoms with Crippen LogP contribution in [0.15, 0.2) is 24.3 Å². The maximum Gasteiger partial charge on any atom is 0.251 e. The van der Waals surface area contributed by atoms with E-state index in [1.165, 1.54) is 0 Å². The van der Waals surface area contributed by atoms with Crippen LogP contribution >= 0.6 is 0 Å². The first-order valence-corrected chi connectivity index (χ1v) is 6.90. The van der Waals surface area contributed by atoms with Crippen LogP contribution in [-0.4, -0.2) is 44.9 Å². The molecule has 1 atom stereocenters. The summed E-state index contributed by atoms with van der Waals surface area (Å²) in [5.41, 5.74) is 6.84. The highest BCUT2D eigenvalue weighted by Crippen LogP contribution is 2.21. The minimum Gasteiger partial charge on any atom is -0.378 e. The summed E-state index contributed by atoms with van der Waals surface area (Å²) in [6, 6.07) is 7.54. The molecule has 1 aromatic carbocycles. The highest BCUT2D eigenvalue weighted by Gasteiger charge is 2.35. The van der Waals surface area contributed by atoms with Gasteiger partial charge in [0.1, 0.15) is 5.60 Å². The van der Waals surface area contributed by atoms with Gasteiger partial charge in [-0.15, -0.1) is 0 Å². The Kier molecular flexibility index (Phi) is 5.11. The minimum absolute atomic E-state index is 0.0858. The van der Waals surface area contributed by atoms with E-state index in [9.17, 15) is 4.79 Å². The summed E-state index contributed by atoms with van der Waals surface area (Å²) >= 11 is 0. The summed E-state index contributed by atoms with van der Waals surface area (Å²) < 4.78 is 10.9. The topological polar surface area (TPSA) is 73.6 Å². The van der Waals surface area contributed by atoms with Crippen molar-refractivity contribution >= 4 is 5.91 Å². The van der Waals surface area contributed by atoms with Gasteiger partial charge >= 0.3 is 0 Å². The lowest BCUT2D eigenvalue weighted by molar-refractivity contribution is -0.0148. The Balaban J connectivity index is 2.01. The van der Waals surface area contributed by atoms with Gasteiger partial charge in [-0.1, -0.05) is 18.2 Å². The number of carbonyl (C=O) groups excluding carboxylic acids is 1. The maximum atomic E-state index is 12.3. The molecule has 3 N–H and O–H groups in total. The Morgan fingerprint density at radius 1 is 1.50 bits per heavy atom. The van der Waals surface area contributed by atoms with E-state index in [4.69, 9.17) is 15.2 Å². The van der Waals surface area contributed by atoms with Crippen LogP contribution in [0.25, 0.3) is 0 Å². The molecule has 1 aliphatic heterocycles. The number of rotatable bonds is 6. The fourth-order valence-electron chi connectivity index (χ4n) is 2.41. The van der Waals surface area contributed by atoms with Crippen LogP contribution in [0.1, 0.15) is 22.3 Å². The normalized spacial score (nSPS) is 21.9. The summed E-state index contributed by atoms with van der Waals surface area (Å²) in [7, 11) is 1.66. The third kappa shape index (κ3) is 3.36. The van der Waals surface area contributed by atoms with Crippen LogP contribution in [0, 0.1) is 0 Å². The summed E-state index contributed by atoms with van der Waals surface area (Å²) in [5, 5.41) is 2.95. The number of nitrogens with one attached hydrogen (secondary N) is 1. The molecule has 2 rings (SSSR count). The Morgan fingerprint density at radius 3 is 2.95 bits per heavy atom. The third-order valence-electron chi connectivity index (χ3n) is 3.75. The Labute approximate surface area is 119 Å². The summed E-state index contributed by atoms with van der Waals surface area (Å²) in [4.78, 5) is 12.3. The van der Waals surface area contributed by atoms with Gasteiger partial charge in [-0.05, 0) is 24.6 Å². The molecule has 5 nitrogen and oxygen atoms in total. The second-order valence-corrected chi connectivity index (χ2v) is 5.07. The van der Waals surface area contributed by atoms with Crippen molar-refractivity contribution in [2.45, 2.75) is 18.4 Å². The average Bonchev–Trinajstić information content (AvgIpc) is 2.95. The van der Waals surface area contributed by atoms with E-state index in [1.807, 2.05) is 24.3 Å². The van der Waals surface area contributed by atoms with Gasteiger partial charge in [0.2, 0.25) is 0 Å². The second kappa shape index (κ2) is 6.83. The molecule has 0 spiro atoms. The van der Waals surface area contributed by atoms with E-state index >= 15 is 0 Å². The fraction of sp³-hybridized carbons (Fsp3) is 0.533. The van der Waals surface area contributed by atoms with Crippen LogP contribution in [0.4, 0.5) is 0 Å². The van der Waals surface area contributed by atoms with E-state index in [1.54, 1.807) is 7.11 Å². The molecule has 1 saturated heterocycles. The predicted molar refractivity (Wildman–Crippen MR) is 76.7 cm³/mol. The van der Waals surface area contributed by atoms with Crippen molar-refractivity contribution in [3.8, 4) is 0 Å². The predicted octanol–water partition coefficient (Wildman–Crippen LogP) is 0.723. The Bertz CT molecular complexity index is 456. The molecular weight excluding hydrogens is 256 g/mol. The number of hydrogen-bond donors (Lipinski definition) is 2. The van der Waals surface area contributed by atoms with Crippen LogP contribution in [-0.2, 0) is 15.9 Å². The van der Waals surface area contributed by atoms with Gasteiger partial charge in [0.15, 0.2) is 0 Å². The number of carbonyl (C=O) groups is 1. The van der Waals surface area contributed by atoms with Gasteiger partial charge < -0.3 is 20.5 Å². The molecule has 20 heavy (non-hydrogen) atoms. The molecule has 5 heteroatoms. The van der Waals surface area contributed by atoms with Crippen LogP contribution in [0.2, 0.25) is 0 Å². The lowest BCUT2D eigenvalue weighted by Crippen LogP contribution is -2.45. The van der Waals surface area contributed by atoms with Gasteiger partial charge in [0.25, 0.3) is 5.91 Å². The smallest absolute Gasteiger partial charge is 0.251 e. The number of methoxy groups -OCH3 is 1. The molecule has 1 heterocycles. The van der Waals surface area contributed by atoms with Crippen LogP contribution in [0.5, 0.6) is 0 Å². The first-order chi connectivity index (χ1) is 9.71. The molecule has 1 aliphatic rings. The molecule has 0 aliphatic carbocycles. The van der Waals surface area contributed by atoms with E-state index in [-0.39, 0.29) is 5.91 Å². The third-order valence-corrected chi connectivity index (χ3v) is 3.75. The number of amides is 1. The molecule has 1 amide bonds. The van der Waals surface area contributed by atoms with Gasteiger partial charge in [-0.25, -0.2) is 0 Å². The Hall–Kier alpha value is -1.43. The minimum atomic E-state index is -0.390. The monoisotopic (exact) mass is 278 g/mol. The molecular formula is C15H22N2O3. The number of ether oxygens (including phenoxy) is 2. The number of hydrogen-bond acceptors (Lipinski definition) is 4. The van der Waals surface area contributed by atoms with Crippen LogP contribution < -0.4 is 11.1 Å². The summed E-state index contributed by atoms with van der Waals surface area (Å²) in [6.07, 6.45) is 1.50. The van der Waals surface area contributed by atoms with Crippen molar-refractivity contribution in [2.75, 3.05) is 33.4 Å². The SMILES string of the molecule is COC1(CNC(=O)c2ccccc2CCN)CCOC1. The largest absolute Gasteiger partial charge is 0.378 e. The maximum absolute atomic E-state index is 12.3. The molecule has 110 valence electrons. The molecule has 0 saturated carbocycles. The second-order valence-electron chi connectivity index (χ2n) is 5.07. The lowest BCUT2D eigenvalue weighted by atomic mass is 10.0. The molecule has 1 aromatic rings. The van der Waals surface area contributed by atoms with Crippen molar-refractivity contribution in [3.05, 3.63) is 35.4 Å². The van der Waals surface area contributed by atoms with Crippen molar-refractivity contribution in [2.24, 2.45) is 5.73 Å². The molecule has 1 fully saturated rings. The van der Waals surface area contributed by atoms with Gasteiger partial charge in [0.05, 0.1) is 6.61 Å². The first-order valence-electron chi connectivity index (χ1n) is 6.90. The summed E-state index contributed by atoms with van der Waals surface area (Å²) in [6.45, 7) is 2.18. The molecule has 0 radical (unpaired) electrons. The van der Waals surface area contributed by atoms with E-state index in [2.05, 4.69) is 5.32 Å². The highest BCUT2D eigenvalue weighted by atomic mass is 16.5. The zero-order chi connectivity index (χ0) is 14.4. The highest BCUT2D eigenvalue weighted by molar-refractivity contribution is 5.95. The first kappa shape index (κ1) is 15.0. The summed E-state index contributed by atoms with van der Waals surface area (Å²) in [5.74, 6) is -0.0858. The molecule has 0 bridgehead atoms. The molecule has 1 unspecified atom stereocenters. The standard InChI is InChI=1S/C15H22N2O3/c1-19-15(7-9-20-11-15)10-17-14(18)13-5-3-2-4-12(13)6-8-16/h2-5H,6-11,16H2,1H3,(H,17,18). The van der Waals surface area contributed by atoms with Crippen LogP contribution in [0.3, 0.4) is 0 Å². The molecule has 0 aromatic heterocycles. The fourth-order valence-corrected chi connectivity index (χ4v) is 2.41. The van der Waals surface area contributed by atoms with Crippen molar-refractivity contribution in [1.29, 1.82) is 0 Å². The zero-order valence-electron chi connectivity index (χ0n) is 11.9. The van der Waals surface area contributed by atoms with Crippen molar-refractivity contribution < 1.29 is 14.3 Å². The van der Waals surface area contributed by atoms with E-state index in [0.29, 0.717) is 38.3 Å². The van der Waals surface area contributed by atoms with Gasteiger partial charge in [0, 0.05) is 32.2 Å². The average molecular weight is 278 g/mol. The number of nitrogens with two attached hydrogens (primary N) is 1. The Morgan fingerprint density at radius 2 is 2.30 bits per heavy atom. The lowest BCUT2D eigenvalue weighted by Gasteiger charge is -2.26.